The average molecular weight is 243 g/mol. The molecule has 1 aliphatic carbocycles. The third-order valence-electron chi connectivity index (χ3n) is 3.12. The summed E-state index contributed by atoms with van der Waals surface area (Å²) in [4.78, 5) is 24.5. The Morgan fingerprint density at radius 1 is 1.47 bits per heavy atom. The summed E-state index contributed by atoms with van der Waals surface area (Å²) in [5.41, 5.74) is 4.99. The van der Waals surface area contributed by atoms with E-state index in [9.17, 15) is 9.59 Å². The monoisotopic (exact) mass is 243 g/mol. The molecule has 0 saturated heterocycles. The standard InChI is InChI=1S/C11H21N3O3/c1-8(13-11(12)17)10(16)14(6-7-15)9-4-2-3-5-9/h8-9,15H,2-7H2,1H3,(H3,12,13,17). The summed E-state index contributed by atoms with van der Waals surface area (Å²) in [6.07, 6.45) is 4.15. The fourth-order valence-electron chi connectivity index (χ4n) is 2.32. The summed E-state index contributed by atoms with van der Waals surface area (Å²) >= 11 is 0. The van der Waals surface area contributed by atoms with Crippen LogP contribution < -0.4 is 11.1 Å². The van der Waals surface area contributed by atoms with Gasteiger partial charge in [-0.3, -0.25) is 4.79 Å². The van der Waals surface area contributed by atoms with E-state index < -0.39 is 12.1 Å². The van der Waals surface area contributed by atoms with Crippen molar-refractivity contribution in [2.24, 2.45) is 5.73 Å². The molecule has 0 aromatic heterocycles. The van der Waals surface area contributed by atoms with Crippen molar-refractivity contribution >= 4 is 11.9 Å². The molecule has 0 aromatic rings. The summed E-state index contributed by atoms with van der Waals surface area (Å²) in [6, 6.07) is -1.16. The maximum absolute atomic E-state index is 12.1. The summed E-state index contributed by atoms with van der Waals surface area (Å²) < 4.78 is 0. The van der Waals surface area contributed by atoms with Gasteiger partial charge in [0.25, 0.3) is 0 Å². The number of primary amides is 1. The molecule has 0 heterocycles. The Bertz CT molecular complexity index is 277. The van der Waals surface area contributed by atoms with E-state index in [2.05, 4.69) is 5.32 Å². The third-order valence-corrected chi connectivity index (χ3v) is 3.12. The number of carbonyl (C=O) groups excluding carboxylic acids is 2. The van der Waals surface area contributed by atoms with Gasteiger partial charge in [-0.25, -0.2) is 4.79 Å². The van der Waals surface area contributed by atoms with Gasteiger partial charge in [0, 0.05) is 12.6 Å². The van der Waals surface area contributed by atoms with Gasteiger partial charge in [-0.15, -0.1) is 0 Å². The molecule has 6 heteroatoms. The molecule has 0 radical (unpaired) electrons. The highest BCUT2D eigenvalue weighted by Gasteiger charge is 2.29. The molecule has 0 spiro atoms. The molecule has 1 aliphatic rings. The highest BCUT2D eigenvalue weighted by atomic mass is 16.3. The Labute approximate surface area is 101 Å². The maximum Gasteiger partial charge on any atom is 0.312 e. The maximum atomic E-state index is 12.1. The minimum atomic E-state index is -0.707. The second kappa shape index (κ2) is 6.44. The van der Waals surface area contributed by atoms with Crippen molar-refractivity contribution in [2.45, 2.75) is 44.7 Å². The first-order chi connectivity index (χ1) is 8.06. The number of urea groups is 1. The van der Waals surface area contributed by atoms with Crippen LogP contribution in [0.5, 0.6) is 0 Å². The second-order valence-electron chi connectivity index (χ2n) is 4.42. The molecule has 98 valence electrons. The highest BCUT2D eigenvalue weighted by molar-refractivity contribution is 5.86. The SMILES string of the molecule is CC(NC(N)=O)C(=O)N(CCO)C1CCCC1. The molecular formula is C11H21N3O3. The quantitative estimate of drug-likeness (QED) is 0.624. The van der Waals surface area contributed by atoms with Gasteiger partial charge in [0.15, 0.2) is 0 Å². The van der Waals surface area contributed by atoms with E-state index >= 15 is 0 Å². The van der Waals surface area contributed by atoms with Crippen molar-refractivity contribution in [3.05, 3.63) is 0 Å². The van der Waals surface area contributed by atoms with Crippen molar-refractivity contribution in [3.8, 4) is 0 Å². The Morgan fingerprint density at radius 3 is 2.53 bits per heavy atom. The Kier molecular flexibility index (Phi) is 5.21. The Morgan fingerprint density at radius 2 is 2.06 bits per heavy atom. The lowest BCUT2D eigenvalue weighted by Crippen LogP contribution is -2.51. The second-order valence-corrected chi connectivity index (χ2v) is 4.42. The van der Waals surface area contributed by atoms with E-state index in [-0.39, 0.29) is 18.6 Å². The average Bonchev–Trinajstić information content (AvgIpc) is 2.77. The minimum Gasteiger partial charge on any atom is -0.395 e. The van der Waals surface area contributed by atoms with Crippen LogP contribution in [0.4, 0.5) is 4.79 Å². The number of nitrogens with two attached hydrogens (primary N) is 1. The summed E-state index contributed by atoms with van der Waals surface area (Å²) in [7, 11) is 0. The largest absolute Gasteiger partial charge is 0.395 e. The number of rotatable bonds is 5. The van der Waals surface area contributed by atoms with Gasteiger partial charge in [0.05, 0.1) is 6.61 Å². The molecule has 1 saturated carbocycles. The predicted octanol–water partition coefficient (Wildman–Crippen LogP) is -0.193. The molecule has 1 fully saturated rings. The van der Waals surface area contributed by atoms with Gasteiger partial charge in [0.1, 0.15) is 6.04 Å². The van der Waals surface area contributed by atoms with Crippen molar-refractivity contribution in [2.75, 3.05) is 13.2 Å². The molecule has 0 aromatic carbocycles. The van der Waals surface area contributed by atoms with Crippen LogP contribution in [0.25, 0.3) is 0 Å². The van der Waals surface area contributed by atoms with Gasteiger partial charge in [-0.2, -0.15) is 0 Å². The van der Waals surface area contributed by atoms with Crippen LogP contribution in [-0.4, -0.2) is 47.2 Å². The van der Waals surface area contributed by atoms with Crippen LogP contribution in [0.2, 0.25) is 0 Å². The zero-order valence-electron chi connectivity index (χ0n) is 10.2. The third kappa shape index (κ3) is 3.89. The smallest absolute Gasteiger partial charge is 0.312 e. The number of carbonyl (C=O) groups is 2. The normalized spacial score (nSPS) is 17.8. The number of hydrogen-bond donors (Lipinski definition) is 3. The molecule has 0 aliphatic heterocycles. The fourth-order valence-corrected chi connectivity index (χ4v) is 2.32. The topological polar surface area (TPSA) is 95.7 Å². The molecule has 0 bridgehead atoms. The lowest BCUT2D eigenvalue weighted by atomic mass is 10.1. The number of aliphatic hydroxyl groups excluding tert-OH is 1. The highest BCUT2D eigenvalue weighted by Crippen LogP contribution is 2.23. The van der Waals surface area contributed by atoms with Crippen molar-refractivity contribution in [3.63, 3.8) is 0 Å². The molecule has 1 rings (SSSR count). The lowest BCUT2D eigenvalue weighted by Gasteiger charge is -2.30. The number of aliphatic hydroxyl groups is 1. The summed E-state index contributed by atoms with van der Waals surface area (Å²) in [5.74, 6) is -0.176. The number of nitrogens with zero attached hydrogens (tertiary/aromatic N) is 1. The fraction of sp³-hybridized carbons (Fsp3) is 0.818. The van der Waals surface area contributed by atoms with Gasteiger partial charge in [-0.1, -0.05) is 12.8 Å². The van der Waals surface area contributed by atoms with Crippen LogP contribution >= 0.6 is 0 Å². The lowest BCUT2D eigenvalue weighted by molar-refractivity contribution is -0.135. The minimum absolute atomic E-state index is 0.0640. The van der Waals surface area contributed by atoms with Gasteiger partial charge >= 0.3 is 6.03 Å². The van der Waals surface area contributed by atoms with Crippen molar-refractivity contribution < 1.29 is 14.7 Å². The van der Waals surface area contributed by atoms with E-state index in [0.717, 1.165) is 25.7 Å². The molecular weight excluding hydrogens is 222 g/mol. The number of hydrogen-bond acceptors (Lipinski definition) is 3. The van der Waals surface area contributed by atoms with E-state index in [0.29, 0.717) is 6.54 Å². The first-order valence-electron chi connectivity index (χ1n) is 6.03. The van der Waals surface area contributed by atoms with Crippen LogP contribution in [-0.2, 0) is 4.79 Å². The molecule has 3 amide bonds. The summed E-state index contributed by atoms with van der Waals surface area (Å²) in [6.45, 7) is 1.85. The van der Waals surface area contributed by atoms with E-state index in [1.807, 2.05) is 0 Å². The zero-order valence-corrected chi connectivity index (χ0v) is 10.2. The van der Waals surface area contributed by atoms with Gasteiger partial charge in [-0.05, 0) is 19.8 Å². The molecule has 1 atom stereocenters. The van der Waals surface area contributed by atoms with Crippen LogP contribution in [0.3, 0.4) is 0 Å². The molecule has 4 N–H and O–H groups in total. The van der Waals surface area contributed by atoms with E-state index in [1.54, 1.807) is 11.8 Å². The van der Waals surface area contributed by atoms with Crippen LogP contribution in [0, 0.1) is 0 Å². The summed E-state index contributed by atoms with van der Waals surface area (Å²) in [5, 5.41) is 11.4. The first kappa shape index (κ1) is 13.8. The number of nitrogens with one attached hydrogen (secondary N) is 1. The van der Waals surface area contributed by atoms with Crippen molar-refractivity contribution in [1.82, 2.24) is 10.2 Å². The Hall–Kier alpha value is -1.30. The zero-order chi connectivity index (χ0) is 12.8. The number of amides is 3. The van der Waals surface area contributed by atoms with Crippen LogP contribution in [0.1, 0.15) is 32.6 Å². The first-order valence-corrected chi connectivity index (χ1v) is 6.03. The van der Waals surface area contributed by atoms with E-state index in [4.69, 9.17) is 10.8 Å². The molecule has 6 nitrogen and oxygen atoms in total. The van der Waals surface area contributed by atoms with Gasteiger partial charge < -0.3 is 21.1 Å². The van der Waals surface area contributed by atoms with Crippen molar-refractivity contribution in [1.29, 1.82) is 0 Å². The van der Waals surface area contributed by atoms with Crippen LogP contribution in [0.15, 0.2) is 0 Å². The predicted molar refractivity (Wildman–Crippen MR) is 63.2 cm³/mol. The Balaban J connectivity index is 2.61. The van der Waals surface area contributed by atoms with Gasteiger partial charge in [0.2, 0.25) is 5.91 Å². The molecule has 17 heavy (non-hydrogen) atoms. The molecule has 1 unspecified atom stereocenters. The van der Waals surface area contributed by atoms with E-state index in [1.165, 1.54) is 0 Å².